The lowest BCUT2D eigenvalue weighted by molar-refractivity contribution is 0.286. The highest BCUT2D eigenvalue weighted by Crippen LogP contribution is 2.31. The third-order valence-corrected chi connectivity index (χ3v) is 3.17. The molecule has 1 aromatic carbocycles. The van der Waals surface area contributed by atoms with E-state index in [-0.39, 0.29) is 0 Å². The first-order chi connectivity index (χ1) is 9.19. The van der Waals surface area contributed by atoms with Gasteiger partial charge in [-0.05, 0) is 19.2 Å². The molecule has 0 unspecified atom stereocenters. The second kappa shape index (κ2) is 9.10. The molecular formula is C15H25NO2S. The largest absolute Gasteiger partial charge is 0.490 e. The molecule has 0 aliphatic heterocycles. The number of hydrogen-bond donors (Lipinski definition) is 1. The van der Waals surface area contributed by atoms with Gasteiger partial charge in [0.05, 0.1) is 13.2 Å². The predicted molar refractivity (Wildman–Crippen MR) is 83.5 cm³/mol. The molecule has 108 valence electrons. The number of para-hydroxylation sites is 1. The van der Waals surface area contributed by atoms with Crippen LogP contribution in [0.15, 0.2) is 18.2 Å². The quantitative estimate of drug-likeness (QED) is 0.704. The standard InChI is InChI=1S/C15H25NO2S/c1-5-17-14-8-6-7-13(11-16-12(2)3)15(14)18-9-10-19-4/h6-8,12,16H,5,9-11H2,1-4H3. The Kier molecular flexibility index (Phi) is 7.75. The number of rotatable bonds is 9. The van der Waals surface area contributed by atoms with E-state index in [4.69, 9.17) is 9.47 Å². The lowest BCUT2D eigenvalue weighted by Gasteiger charge is -2.17. The minimum Gasteiger partial charge on any atom is -0.490 e. The first-order valence-corrected chi connectivity index (χ1v) is 8.18. The molecule has 0 aliphatic carbocycles. The molecule has 1 rings (SSSR count). The summed E-state index contributed by atoms with van der Waals surface area (Å²) in [5.41, 5.74) is 1.15. The topological polar surface area (TPSA) is 30.5 Å². The summed E-state index contributed by atoms with van der Waals surface area (Å²) in [7, 11) is 0. The van der Waals surface area contributed by atoms with Crippen LogP contribution in [0.25, 0.3) is 0 Å². The van der Waals surface area contributed by atoms with Crippen molar-refractivity contribution in [2.45, 2.75) is 33.4 Å². The van der Waals surface area contributed by atoms with Crippen molar-refractivity contribution in [2.24, 2.45) is 0 Å². The highest BCUT2D eigenvalue weighted by atomic mass is 32.2. The van der Waals surface area contributed by atoms with Gasteiger partial charge < -0.3 is 14.8 Å². The van der Waals surface area contributed by atoms with Gasteiger partial charge in [-0.15, -0.1) is 0 Å². The van der Waals surface area contributed by atoms with E-state index in [0.717, 1.165) is 29.4 Å². The maximum Gasteiger partial charge on any atom is 0.165 e. The molecule has 0 aliphatic rings. The smallest absolute Gasteiger partial charge is 0.165 e. The fourth-order valence-corrected chi connectivity index (χ4v) is 1.92. The fourth-order valence-electron chi connectivity index (χ4n) is 1.67. The van der Waals surface area contributed by atoms with Crippen molar-refractivity contribution in [3.05, 3.63) is 23.8 Å². The van der Waals surface area contributed by atoms with Crippen LogP contribution in [0.3, 0.4) is 0 Å². The van der Waals surface area contributed by atoms with E-state index in [1.165, 1.54) is 0 Å². The normalized spacial score (nSPS) is 10.8. The molecule has 0 spiro atoms. The van der Waals surface area contributed by atoms with Crippen molar-refractivity contribution >= 4 is 11.8 Å². The van der Waals surface area contributed by atoms with Crippen LogP contribution in [0.5, 0.6) is 11.5 Å². The van der Waals surface area contributed by atoms with Crippen molar-refractivity contribution in [3.8, 4) is 11.5 Å². The number of benzene rings is 1. The van der Waals surface area contributed by atoms with Gasteiger partial charge in [-0.3, -0.25) is 0 Å². The van der Waals surface area contributed by atoms with E-state index in [9.17, 15) is 0 Å². The van der Waals surface area contributed by atoms with Crippen LogP contribution in [0.4, 0.5) is 0 Å². The Morgan fingerprint density at radius 3 is 2.68 bits per heavy atom. The summed E-state index contributed by atoms with van der Waals surface area (Å²) in [6, 6.07) is 6.53. The van der Waals surface area contributed by atoms with Crippen molar-refractivity contribution in [2.75, 3.05) is 25.2 Å². The zero-order valence-corrected chi connectivity index (χ0v) is 13.2. The Morgan fingerprint density at radius 2 is 2.05 bits per heavy atom. The van der Waals surface area contributed by atoms with Gasteiger partial charge in [-0.25, -0.2) is 0 Å². The van der Waals surface area contributed by atoms with Crippen molar-refractivity contribution in [3.63, 3.8) is 0 Å². The molecule has 1 aromatic rings. The van der Waals surface area contributed by atoms with Gasteiger partial charge in [0, 0.05) is 23.9 Å². The molecule has 0 saturated heterocycles. The maximum atomic E-state index is 5.91. The first kappa shape index (κ1) is 16.2. The molecule has 0 radical (unpaired) electrons. The van der Waals surface area contributed by atoms with E-state index in [0.29, 0.717) is 19.3 Å². The van der Waals surface area contributed by atoms with Gasteiger partial charge >= 0.3 is 0 Å². The van der Waals surface area contributed by atoms with Gasteiger partial charge in [-0.1, -0.05) is 26.0 Å². The zero-order valence-electron chi connectivity index (χ0n) is 12.4. The summed E-state index contributed by atoms with van der Waals surface area (Å²) in [6.45, 7) is 8.43. The number of hydrogen-bond acceptors (Lipinski definition) is 4. The molecule has 4 heteroatoms. The Bertz CT molecular complexity index is 369. The van der Waals surface area contributed by atoms with Crippen molar-refractivity contribution < 1.29 is 9.47 Å². The van der Waals surface area contributed by atoms with E-state index in [2.05, 4.69) is 31.5 Å². The summed E-state index contributed by atoms with van der Waals surface area (Å²) in [6.07, 6.45) is 2.08. The minimum atomic E-state index is 0.454. The maximum absolute atomic E-state index is 5.91. The SMILES string of the molecule is CCOc1cccc(CNC(C)C)c1OCCSC. The summed E-state index contributed by atoms with van der Waals surface area (Å²) in [5, 5.41) is 3.42. The zero-order chi connectivity index (χ0) is 14.1. The van der Waals surface area contributed by atoms with E-state index < -0.39 is 0 Å². The average Bonchev–Trinajstić information content (AvgIpc) is 2.39. The summed E-state index contributed by atoms with van der Waals surface area (Å²) >= 11 is 1.78. The van der Waals surface area contributed by atoms with Crippen LogP contribution in [0.2, 0.25) is 0 Å². The lowest BCUT2D eigenvalue weighted by Crippen LogP contribution is -2.22. The second-order valence-corrected chi connectivity index (χ2v) is 5.54. The molecule has 0 saturated carbocycles. The van der Waals surface area contributed by atoms with Gasteiger partial charge in [0.1, 0.15) is 0 Å². The van der Waals surface area contributed by atoms with Gasteiger partial charge in [0.15, 0.2) is 11.5 Å². The van der Waals surface area contributed by atoms with Crippen molar-refractivity contribution in [1.29, 1.82) is 0 Å². The molecule has 0 fully saturated rings. The van der Waals surface area contributed by atoms with Crippen LogP contribution in [-0.4, -0.2) is 31.3 Å². The molecule has 0 aromatic heterocycles. The van der Waals surface area contributed by atoms with Gasteiger partial charge in [-0.2, -0.15) is 11.8 Å². The molecule has 3 nitrogen and oxygen atoms in total. The number of ether oxygens (including phenoxy) is 2. The summed E-state index contributed by atoms with van der Waals surface area (Å²) < 4.78 is 11.6. The molecule has 0 atom stereocenters. The number of thioether (sulfide) groups is 1. The number of nitrogens with one attached hydrogen (secondary N) is 1. The third kappa shape index (κ3) is 5.74. The molecule has 19 heavy (non-hydrogen) atoms. The Balaban J connectivity index is 2.83. The molecule has 0 amide bonds. The Morgan fingerprint density at radius 1 is 1.26 bits per heavy atom. The van der Waals surface area contributed by atoms with Crippen molar-refractivity contribution in [1.82, 2.24) is 5.32 Å². The second-order valence-electron chi connectivity index (χ2n) is 4.55. The van der Waals surface area contributed by atoms with Crippen LogP contribution in [-0.2, 0) is 6.54 Å². The molecule has 0 heterocycles. The Hall–Kier alpha value is -0.870. The average molecular weight is 283 g/mol. The molecule has 1 N–H and O–H groups in total. The van der Waals surface area contributed by atoms with E-state index in [1.807, 2.05) is 19.1 Å². The lowest BCUT2D eigenvalue weighted by atomic mass is 10.1. The predicted octanol–water partition coefficient (Wildman–Crippen LogP) is 3.33. The minimum absolute atomic E-state index is 0.454. The Labute approximate surface area is 121 Å². The molecular weight excluding hydrogens is 258 g/mol. The molecule has 0 bridgehead atoms. The fraction of sp³-hybridized carbons (Fsp3) is 0.600. The van der Waals surface area contributed by atoms with E-state index in [1.54, 1.807) is 11.8 Å². The highest BCUT2D eigenvalue weighted by Gasteiger charge is 2.11. The van der Waals surface area contributed by atoms with Crippen LogP contribution in [0, 0.1) is 0 Å². The third-order valence-electron chi connectivity index (χ3n) is 2.59. The van der Waals surface area contributed by atoms with Crippen LogP contribution in [0.1, 0.15) is 26.3 Å². The van der Waals surface area contributed by atoms with E-state index >= 15 is 0 Å². The summed E-state index contributed by atoms with van der Waals surface area (Å²) in [4.78, 5) is 0. The summed E-state index contributed by atoms with van der Waals surface area (Å²) in [5.74, 6) is 2.70. The van der Waals surface area contributed by atoms with Gasteiger partial charge in [0.25, 0.3) is 0 Å². The highest BCUT2D eigenvalue weighted by molar-refractivity contribution is 7.98. The van der Waals surface area contributed by atoms with Crippen LogP contribution < -0.4 is 14.8 Å². The van der Waals surface area contributed by atoms with Gasteiger partial charge in [0.2, 0.25) is 0 Å². The monoisotopic (exact) mass is 283 g/mol. The van der Waals surface area contributed by atoms with Crippen LogP contribution >= 0.6 is 11.8 Å². The first-order valence-electron chi connectivity index (χ1n) is 6.78.